The molecule has 2 nitrogen and oxygen atoms in total. The molecule has 0 unspecified atom stereocenters. The molecular weight excluding hydrogens is 605 g/mol. The lowest BCUT2D eigenvalue weighted by molar-refractivity contribution is 0.332. The SMILES string of the molecule is Cc1cc2c3c(c1)N(c1c(C)cc(C(C)(C)C)cc1C)c1cc4c(cc1B3c1oc(-c3ccccc3)c3cccc-2c13)C(C)(C)CCC4(C)C. The van der Waals surface area contributed by atoms with E-state index in [9.17, 15) is 0 Å². The molecule has 1 aromatic heterocycles. The fourth-order valence-corrected chi connectivity index (χ4v) is 9.53. The molecule has 2 aliphatic heterocycles. The Morgan fingerprint density at radius 1 is 0.700 bits per heavy atom. The first-order valence-corrected chi connectivity index (χ1v) is 18.5. The fourth-order valence-electron chi connectivity index (χ4n) is 9.53. The van der Waals surface area contributed by atoms with Crippen LogP contribution in [0.4, 0.5) is 17.1 Å². The predicted molar refractivity (Wildman–Crippen MR) is 215 cm³/mol. The molecule has 0 N–H and O–H groups in total. The topological polar surface area (TPSA) is 16.4 Å². The van der Waals surface area contributed by atoms with Crippen molar-refractivity contribution in [2.24, 2.45) is 0 Å². The van der Waals surface area contributed by atoms with Gasteiger partial charge in [-0.3, -0.25) is 0 Å². The van der Waals surface area contributed by atoms with Crippen molar-refractivity contribution in [3.63, 3.8) is 0 Å². The lowest BCUT2D eigenvalue weighted by Gasteiger charge is -2.46. The molecule has 6 aromatic rings. The molecule has 3 heterocycles. The lowest BCUT2D eigenvalue weighted by atomic mass is 9.34. The normalized spacial score (nSPS) is 16.7. The second kappa shape index (κ2) is 10.3. The van der Waals surface area contributed by atoms with E-state index < -0.39 is 0 Å². The van der Waals surface area contributed by atoms with Gasteiger partial charge >= 0.3 is 0 Å². The van der Waals surface area contributed by atoms with Crippen molar-refractivity contribution < 1.29 is 4.42 Å². The highest BCUT2D eigenvalue weighted by Gasteiger charge is 2.47. The Balaban J connectivity index is 1.43. The van der Waals surface area contributed by atoms with E-state index in [1.807, 2.05) is 0 Å². The summed E-state index contributed by atoms with van der Waals surface area (Å²) < 4.78 is 7.23. The van der Waals surface area contributed by atoms with Crippen molar-refractivity contribution in [2.75, 3.05) is 4.90 Å². The monoisotopic (exact) mass is 653 g/mol. The van der Waals surface area contributed by atoms with Crippen LogP contribution >= 0.6 is 0 Å². The van der Waals surface area contributed by atoms with E-state index in [0.29, 0.717) is 0 Å². The summed E-state index contributed by atoms with van der Waals surface area (Å²) in [6.45, 7) is 23.6. The molecule has 5 aromatic carbocycles. The molecule has 0 bridgehead atoms. The summed E-state index contributed by atoms with van der Waals surface area (Å²) in [6, 6.07) is 32.4. The largest absolute Gasteiger partial charge is 0.469 e. The second-order valence-electron chi connectivity index (χ2n) is 17.8. The number of hydrogen-bond acceptors (Lipinski definition) is 2. The van der Waals surface area contributed by atoms with Gasteiger partial charge in [-0.15, -0.1) is 0 Å². The van der Waals surface area contributed by atoms with Crippen LogP contribution in [0, 0.1) is 20.8 Å². The molecule has 9 rings (SSSR count). The van der Waals surface area contributed by atoms with E-state index in [1.54, 1.807) is 0 Å². The number of nitrogens with zero attached hydrogens (tertiary/aromatic N) is 1. The van der Waals surface area contributed by atoms with Gasteiger partial charge < -0.3 is 9.32 Å². The first-order chi connectivity index (χ1) is 23.7. The van der Waals surface area contributed by atoms with Crippen LogP contribution in [0.2, 0.25) is 0 Å². The van der Waals surface area contributed by atoms with Gasteiger partial charge in [-0.05, 0) is 117 Å². The number of fused-ring (bicyclic) bond motifs is 5. The van der Waals surface area contributed by atoms with E-state index >= 15 is 0 Å². The van der Waals surface area contributed by atoms with E-state index in [1.165, 1.54) is 96.1 Å². The van der Waals surface area contributed by atoms with Gasteiger partial charge in [0.1, 0.15) is 5.76 Å². The summed E-state index contributed by atoms with van der Waals surface area (Å²) >= 11 is 0. The van der Waals surface area contributed by atoms with Crippen LogP contribution in [0.3, 0.4) is 0 Å². The zero-order valence-electron chi connectivity index (χ0n) is 31.4. The molecule has 250 valence electrons. The van der Waals surface area contributed by atoms with Crippen LogP contribution in [0.15, 0.2) is 89.3 Å². The summed E-state index contributed by atoms with van der Waals surface area (Å²) in [5.41, 5.74) is 19.9. The van der Waals surface area contributed by atoms with Gasteiger partial charge in [-0.2, -0.15) is 0 Å². The molecule has 50 heavy (non-hydrogen) atoms. The standard InChI is InChI=1S/C47H48BNO/c1-27-21-34-32-17-14-18-33-40(32)44(50-43(33)30-15-12-11-13-16-30)48-37-25-35-36(47(9,10)20-19-46(35,7)8)26-38(37)49(39(22-27)41(34)48)42-28(2)23-31(24-29(42)3)45(4,5)6/h11-18,21-26H,19-20H2,1-10H3. The first kappa shape index (κ1) is 31.5. The van der Waals surface area contributed by atoms with Crippen LogP contribution in [-0.4, -0.2) is 6.71 Å². The van der Waals surface area contributed by atoms with Gasteiger partial charge in [0.15, 0.2) is 0 Å². The summed E-state index contributed by atoms with van der Waals surface area (Å²) in [5.74, 6) is 0.969. The summed E-state index contributed by atoms with van der Waals surface area (Å²) in [6.07, 6.45) is 2.36. The van der Waals surface area contributed by atoms with E-state index in [0.717, 1.165) is 17.0 Å². The number of furan rings is 1. The number of aryl methyl sites for hydroxylation is 3. The smallest absolute Gasteiger partial charge is 0.293 e. The van der Waals surface area contributed by atoms with Crippen molar-refractivity contribution in [3.05, 3.63) is 118 Å². The molecule has 3 aliphatic rings. The third-order valence-corrected chi connectivity index (χ3v) is 12.3. The Morgan fingerprint density at radius 3 is 2.02 bits per heavy atom. The Labute approximate surface area is 298 Å². The molecule has 0 saturated heterocycles. The molecule has 0 radical (unpaired) electrons. The predicted octanol–water partition coefficient (Wildman–Crippen LogP) is 11.0. The van der Waals surface area contributed by atoms with Crippen LogP contribution < -0.4 is 21.5 Å². The van der Waals surface area contributed by atoms with Crippen molar-refractivity contribution in [1.82, 2.24) is 0 Å². The van der Waals surface area contributed by atoms with Crippen LogP contribution in [0.1, 0.15) is 94.7 Å². The number of rotatable bonds is 2. The highest BCUT2D eigenvalue weighted by molar-refractivity contribution is 7.00. The minimum absolute atomic E-state index is 0.0117. The van der Waals surface area contributed by atoms with Crippen LogP contribution in [0.5, 0.6) is 0 Å². The van der Waals surface area contributed by atoms with E-state index in [4.69, 9.17) is 4.42 Å². The molecule has 0 spiro atoms. The molecule has 0 amide bonds. The summed E-state index contributed by atoms with van der Waals surface area (Å²) in [7, 11) is 0. The van der Waals surface area contributed by atoms with Gasteiger partial charge in [0, 0.05) is 27.7 Å². The molecule has 0 atom stereocenters. The van der Waals surface area contributed by atoms with Crippen LogP contribution in [-0.2, 0) is 16.2 Å². The third kappa shape index (κ3) is 4.34. The number of hydrogen-bond donors (Lipinski definition) is 0. The van der Waals surface area contributed by atoms with E-state index in [-0.39, 0.29) is 23.0 Å². The highest BCUT2D eigenvalue weighted by Crippen LogP contribution is 2.51. The first-order valence-electron chi connectivity index (χ1n) is 18.5. The summed E-state index contributed by atoms with van der Waals surface area (Å²) in [5, 5.41) is 2.46. The van der Waals surface area contributed by atoms with Gasteiger partial charge in [0.05, 0.1) is 11.3 Å². The zero-order chi connectivity index (χ0) is 35.1. The number of benzene rings is 5. The highest BCUT2D eigenvalue weighted by atomic mass is 16.3. The minimum Gasteiger partial charge on any atom is -0.469 e. The van der Waals surface area contributed by atoms with Crippen molar-refractivity contribution in [1.29, 1.82) is 0 Å². The Kier molecular flexibility index (Phi) is 6.48. The third-order valence-electron chi connectivity index (χ3n) is 12.3. The quantitative estimate of drug-likeness (QED) is 0.173. The van der Waals surface area contributed by atoms with Gasteiger partial charge in [-0.25, -0.2) is 0 Å². The van der Waals surface area contributed by atoms with Gasteiger partial charge in [0.25, 0.3) is 6.71 Å². The average molecular weight is 654 g/mol. The Hall–Kier alpha value is -4.50. The Morgan fingerprint density at radius 2 is 1.36 bits per heavy atom. The molecule has 0 saturated carbocycles. The maximum Gasteiger partial charge on any atom is 0.293 e. The average Bonchev–Trinajstić information content (AvgIpc) is 3.45. The minimum atomic E-state index is -0.0117. The van der Waals surface area contributed by atoms with Crippen molar-refractivity contribution >= 4 is 51.1 Å². The molecule has 0 fully saturated rings. The maximum absolute atomic E-state index is 7.23. The summed E-state index contributed by atoms with van der Waals surface area (Å²) in [4.78, 5) is 2.64. The van der Waals surface area contributed by atoms with E-state index in [2.05, 4.69) is 159 Å². The molecular formula is C47H48BNO. The molecule has 1 aliphatic carbocycles. The molecule has 3 heteroatoms. The Bertz CT molecular complexity index is 2380. The number of anilines is 3. The fraction of sp³-hybridized carbons (Fsp3) is 0.319. The zero-order valence-corrected chi connectivity index (χ0v) is 31.4. The second-order valence-corrected chi connectivity index (χ2v) is 17.8. The maximum atomic E-state index is 7.23. The van der Waals surface area contributed by atoms with Crippen molar-refractivity contribution in [3.8, 4) is 22.5 Å². The van der Waals surface area contributed by atoms with Crippen LogP contribution in [0.25, 0.3) is 33.2 Å². The van der Waals surface area contributed by atoms with Crippen molar-refractivity contribution in [2.45, 2.75) is 98.3 Å². The van der Waals surface area contributed by atoms with Gasteiger partial charge in [0.2, 0.25) is 0 Å². The van der Waals surface area contributed by atoms with Gasteiger partial charge in [-0.1, -0.05) is 121 Å². The lowest BCUT2D eigenvalue weighted by Crippen LogP contribution is -2.59.